The zero-order valence-corrected chi connectivity index (χ0v) is 17.2. The second-order valence-corrected chi connectivity index (χ2v) is 6.86. The van der Waals surface area contributed by atoms with Gasteiger partial charge in [-0.3, -0.25) is 4.90 Å². The molecule has 2 rings (SSSR count). The summed E-state index contributed by atoms with van der Waals surface area (Å²) < 4.78 is 5.38. The van der Waals surface area contributed by atoms with Crippen LogP contribution in [0.15, 0.2) is 30.3 Å². The summed E-state index contributed by atoms with van der Waals surface area (Å²) in [7, 11) is 0. The molecule has 0 radical (unpaired) electrons. The lowest BCUT2D eigenvalue weighted by molar-refractivity contribution is -0.174. The van der Waals surface area contributed by atoms with Gasteiger partial charge < -0.3 is 22.3 Å². The molecule has 1 fully saturated rings. The predicted octanol–water partition coefficient (Wildman–Crippen LogP) is 0.347. The highest BCUT2D eigenvalue weighted by atomic mass is 35.5. The first-order valence-electron chi connectivity index (χ1n) is 9.76. The lowest BCUT2D eigenvalue weighted by Gasteiger charge is -2.36. The Bertz CT molecular complexity index is 615. The van der Waals surface area contributed by atoms with E-state index in [1.165, 1.54) is 0 Å². The molecule has 0 saturated heterocycles. The maximum Gasteiger partial charge on any atom is 0.344 e. The Kier molecular flexibility index (Phi) is 10.5. The predicted molar refractivity (Wildman–Crippen MR) is 103 cm³/mol. The van der Waals surface area contributed by atoms with Crippen LogP contribution >= 0.6 is 0 Å². The first-order chi connectivity index (χ1) is 12.6. The van der Waals surface area contributed by atoms with Crippen LogP contribution in [0.4, 0.5) is 0 Å². The van der Waals surface area contributed by atoms with Crippen molar-refractivity contribution in [3.8, 4) is 11.8 Å². The van der Waals surface area contributed by atoms with Crippen molar-refractivity contribution in [3.63, 3.8) is 0 Å². The van der Waals surface area contributed by atoms with Gasteiger partial charge in [0.15, 0.2) is 12.2 Å². The fourth-order valence-electron chi connectivity index (χ4n) is 3.61. The number of hydrogen-bond acceptors (Lipinski definition) is 4. The van der Waals surface area contributed by atoms with Crippen molar-refractivity contribution in [2.45, 2.75) is 51.6 Å². The van der Waals surface area contributed by atoms with E-state index in [1.54, 1.807) is 0 Å². The quantitative estimate of drug-likeness (QED) is 0.537. The number of esters is 1. The summed E-state index contributed by atoms with van der Waals surface area (Å²) in [5.74, 6) is 5.25. The van der Waals surface area contributed by atoms with Crippen LogP contribution in [0.25, 0.3) is 0 Å². The summed E-state index contributed by atoms with van der Waals surface area (Å²) in [6.07, 6.45) is 4.92. The van der Waals surface area contributed by atoms with Crippen LogP contribution in [0.5, 0.6) is 0 Å². The molecule has 0 amide bonds. The van der Waals surface area contributed by atoms with E-state index in [0.717, 1.165) is 45.2 Å². The number of aliphatic hydroxyl groups is 1. The highest BCUT2D eigenvalue weighted by Crippen LogP contribution is 2.40. The normalized spacial score (nSPS) is 16.6. The van der Waals surface area contributed by atoms with Crippen molar-refractivity contribution in [1.82, 2.24) is 4.90 Å². The minimum Gasteiger partial charge on any atom is -1.00 e. The molecule has 5 heteroatoms. The van der Waals surface area contributed by atoms with Crippen molar-refractivity contribution in [1.29, 1.82) is 0 Å². The second-order valence-electron chi connectivity index (χ2n) is 6.86. The van der Waals surface area contributed by atoms with Gasteiger partial charge in [0.1, 0.15) is 0 Å². The highest BCUT2D eigenvalue weighted by Gasteiger charge is 2.46. The van der Waals surface area contributed by atoms with Crippen LogP contribution in [-0.4, -0.2) is 42.2 Å². The molecule has 1 aliphatic carbocycles. The Morgan fingerprint density at radius 3 is 2.37 bits per heavy atom. The lowest BCUT2D eigenvalue weighted by atomic mass is 9.73. The summed E-state index contributed by atoms with van der Waals surface area (Å²) in [6, 6.07) is 9.19. The molecular weight excluding hydrogens is 362 g/mol. The van der Waals surface area contributed by atoms with E-state index in [1.807, 2.05) is 30.3 Å². The standard InChI is InChI=1S/C22H31NO3.ClH/c1-3-23(4-2)17-11-12-18-26-21(24)22(25,19-13-7-5-8-14-19)20-15-9-6-10-16-20;/h5,7-8,13-14,20,25H,3-4,6,9-10,15-18H2,1-2H3;1H/p-1. The fourth-order valence-corrected chi connectivity index (χ4v) is 3.61. The van der Waals surface area contributed by atoms with Gasteiger partial charge in [0.05, 0.1) is 6.54 Å². The molecule has 1 saturated carbocycles. The third-order valence-electron chi connectivity index (χ3n) is 5.32. The van der Waals surface area contributed by atoms with Crippen molar-refractivity contribution in [3.05, 3.63) is 35.9 Å². The number of benzene rings is 1. The number of hydrogen-bond donors (Lipinski definition) is 1. The van der Waals surface area contributed by atoms with Crippen LogP contribution in [-0.2, 0) is 15.1 Å². The number of carbonyl (C=O) groups excluding carboxylic acids is 1. The van der Waals surface area contributed by atoms with Gasteiger partial charge in [0.25, 0.3) is 0 Å². The Balaban J connectivity index is 0.00000364. The monoisotopic (exact) mass is 392 g/mol. The largest absolute Gasteiger partial charge is 1.00 e. The molecule has 1 aliphatic rings. The minimum absolute atomic E-state index is 0. The van der Waals surface area contributed by atoms with Crippen LogP contribution in [0.2, 0.25) is 0 Å². The molecule has 0 aliphatic heterocycles. The van der Waals surface area contributed by atoms with E-state index in [-0.39, 0.29) is 24.9 Å². The van der Waals surface area contributed by atoms with Crippen molar-refractivity contribution in [2.75, 3.05) is 26.2 Å². The minimum atomic E-state index is -1.58. The summed E-state index contributed by atoms with van der Waals surface area (Å²) in [6.45, 7) is 6.75. The molecule has 4 nitrogen and oxygen atoms in total. The first-order valence-corrected chi connectivity index (χ1v) is 9.76. The molecule has 0 bridgehead atoms. The average Bonchev–Trinajstić information content (AvgIpc) is 2.71. The third kappa shape index (κ3) is 6.24. The molecular formula is C22H31ClNO3-. The summed E-state index contributed by atoms with van der Waals surface area (Å²) in [4.78, 5) is 15.0. The van der Waals surface area contributed by atoms with E-state index in [2.05, 4.69) is 30.6 Å². The zero-order valence-electron chi connectivity index (χ0n) is 16.4. The van der Waals surface area contributed by atoms with Gasteiger partial charge >= 0.3 is 5.97 Å². The Hall–Kier alpha value is -1.54. The summed E-state index contributed by atoms with van der Waals surface area (Å²) in [5.41, 5.74) is -0.963. The van der Waals surface area contributed by atoms with E-state index in [9.17, 15) is 9.90 Å². The van der Waals surface area contributed by atoms with E-state index < -0.39 is 11.6 Å². The van der Waals surface area contributed by atoms with E-state index in [0.29, 0.717) is 12.1 Å². The zero-order chi connectivity index (χ0) is 18.8. The highest BCUT2D eigenvalue weighted by molar-refractivity contribution is 5.81. The molecule has 1 aromatic carbocycles. The van der Waals surface area contributed by atoms with Gasteiger partial charge in [-0.15, -0.1) is 0 Å². The van der Waals surface area contributed by atoms with Gasteiger partial charge in [-0.25, -0.2) is 4.79 Å². The van der Waals surface area contributed by atoms with Gasteiger partial charge in [0, 0.05) is 5.92 Å². The number of carbonyl (C=O) groups is 1. The number of ether oxygens (including phenoxy) is 1. The van der Waals surface area contributed by atoms with Crippen LogP contribution in [0.1, 0.15) is 51.5 Å². The van der Waals surface area contributed by atoms with Crippen LogP contribution in [0, 0.1) is 17.8 Å². The maximum atomic E-state index is 12.8. The average molecular weight is 393 g/mol. The van der Waals surface area contributed by atoms with Gasteiger partial charge in [-0.2, -0.15) is 0 Å². The topological polar surface area (TPSA) is 49.8 Å². The first kappa shape index (κ1) is 23.5. The molecule has 0 heterocycles. The molecule has 1 unspecified atom stereocenters. The maximum absolute atomic E-state index is 12.8. The Morgan fingerprint density at radius 2 is 1.78 bits per heavy atom. The Labute approximate surface area is 169 Å². The van der Waals surface area contributed by atoms with E-state index in [4.69, 9.17) is 4.74 Å². The lowest BCUT2D eigenvalue weighted by Crippen LogP contribution is -3.00. The van der Waals surface area contributed by atoms with Crippen molar-refractivity contribution < 1.29 is 27.0 Å². The van der Waals surface area contributed by atoms with Gasteiger partial charge in [-0.05, 0) is 31.5 Å². The van der Waals surface area contributed by atoms with Crippen molar-refractivity contribution >= 4 is 5.97 Å². The number of rotatable bonds is 7. The van der Waals surface area contributed by atoms with Gasteiger partial charge in [0.2, 0.25) is 0 Å². The number of nitrogens with zero attached hydrogens (tertiary/aromatic N) is 1. The Morgan fingerprint density at radius 1 is 1.15 bits per heavy atom. The van der Waals surface area contributed by atoms with E-state index >= 15 is 0 Å². The molecule has 0 spiro atoms. The van der Waals surface area contributed by atoms with Gasteiger partial charge in [-0.1, -0.05) is 75.3 Å². The molecule has 0 aromatic heterocycles. The molecule has 27 heavy (non-hydrogen) atoms. The summed E-state index contributed by atoms with van der Waals surface area (Å²) in [5, 5.41) is 11.4. The molecule has 1 aromatic rings. The molecule has 1 atom stereocenters. The second kappa shape index (κ2) is 12.0. The van der Waals surface area contributed by atoms with Crippen molar-refractivity contribution in [2.24, 2.45) is 5.92 Å². The SMILES string of the molecule is CCN(CC)CC#CCOC(=O)C(O)(c1ccccc1)C1CCCCC1.[Cl-]. The smallest absolute Gasteiger partial charge is 0.344 e. The molecule has 150 valence electrons. The number of halogens is 1. The third-order valence-corrected chi connectivity index (χ3v) is 5.32. The van der Waals surface area contributed by atoms with Crippen LogP contribution in [0.3, 0.4) is 0 Å². The molecule has 1 N–H and O–H groups in total. The summed E-state index contributed by atoms with van der Waals surface area (Å²) >= 11 is 0. The fraction of sp³-hybridized carbons (Fsp3) is 0.591. The van der Waals surface area contributed by atoms with Crippen LogP contribution < -0.4 is 12.4 Å².